The van der Waals surface area contributed by atoms with Crippen molar-refractivity contribution in [2.75, 3.05) is 6.54 Å². The Bertz CT molecular complexity index is 410. The predicted octanol–water partition coefficient (Wildman–Crippen LogP) is 4.34. The van der Waals surface area contributed by atoms with Gasteiger partial charge >= 0.3 is 0 Å². The average molecular weight is 271 g/mol. The first-order valence-electron chi connectivity index (χ1n) is 8.58. The molecule has 0 heterocycles. The van der Waals surface area contributed by atoms with Crippen LogP contribution in [0.15, 0.2) is 24.3 Å². The summed E-state index contributed by atoms with van der Waals surface area (Å²) in [6, 6.07) is 9.87. The minimum Gasteiger partial charge on any atom is -0.313 e. The second kappa shape index (κ2) is 6.30. The Kier molecular flexibility index (Phi) is 4.45. The van der Waals surface area contributed by atoms with E-state index in [1.54, 1.807) is 0 Å². The van der Waals surface area contributed by atoms with Gasteiger partial charge in [0.05, 0.1) is 0 Å². The first-order chi connectivity index (χ1) is 9.79. The Balaban J connectivity index is 1.65. The molecule has 0 spiro atoms. The Morgan fingerprint density at radius 1 is 1.10 bits per heavy atom. The van der Waals surface area contributed by atoms with Crippen LogP contribution < -0.4 is 5.32 Å². The first-order valence-corrected chi connectivity index (χ1v) is 8.58. The van der Waals surface area contributed by atoms with Gasteiger partial charge in [0.2, 0.25) is 0 Å². The zero-order valence-corrected chi connectivity index (χ0v) is 13.1. The third kappa shape index (κ3) is 3.09. The Labute approximate surface area is 124 Å². The smallest absolute Gasteiger partial charge is 0.0141 e. The number of benzene rings is 1. The van der Waals surface area contributed by atoms with E-state index >= 15 is 0 Å². The summed E-state index contributed by atoms with van der Waals surface area (Å²) in [5, 5.41) is 3.85. The quantitative estimate of drug-likeness (QED) is 0.811. The van der Waals surface area contributed by atoms with Gasteiger partial charge in [-0.2, -0.15) is 0 Å². The molecule has 1 aromatic carbocycles. The second-order valence-corrected chi connectivity index (χ2v) is 6.94. The topological polar surface area (TPSA) is 12.0 Å². The van der Waals surface area contributed by atoms with Gasteiger partial charge < -0.3 is 5.32 Å². The van der Waals surface area contributed by atoms with Crippen molar-refractivity contribution < 1.29 is 0 Å². The summed E-state index contributed by atoms with van der Waals surface area (Å²) in [6.07, 6.45) is 8.40. The van der Waals surface area contributed by atoms with Gasteiger partial charge in [-0.1, -0.05) is 49.6 Å². The molecule has 1 heteroatoms. The molecule has 0 radical (unpaired) electrons. The average Bonchev–Trinajstić information content (AvgIpc) is 3.20. The molecule has 0 amide bonds. The maximum absolute atomic E-state index is 3.85. The third-order valence-electron chi connectivity index (χ3n) is 5.42. The highest BCUT2D eigenvalue weighted by molar-refractivity contribution is 5.23. The van der Waals surface area contributed by atoms with E-state index in [0.717, 1.165) is 17.8 Å². The fourth-order valence-corrected chi connectivity index (χ4v) is 4.30. The molecular weight excluding hydrogens is 242 g/mol. The van der Waals surface area contributed by atoms with E-state index in [-0.39, 0.29) is 0 Å². The molecule has 0 aliphatic heterocycles. The number of nitrogens with one attached hydrogen (secondary N) is 1. The Morgan fingerprint density at radius 2 is 1.75 bits per heavy atom. The minimum atomic E-state index is 0.714. The largest absolute Gasteiger partial charge is 0.313 e. The zero-order valence-electron chi connectivity index (χ0n) is 13.1. The van der Waals surface area contributed by atoms with Crippen LogP contribution >= 0.6 is 0 Å². The van der Waals surface area contributed by atoms with Gasteiger partial charge in [-0.05, 0) is 62.5 Å². The Morgan fingerprint density at radius 3 is 2.35 bits per heavy atom. The number of hydrogen-bond acceptors (Lipinski definition) is 1. The van der Waals surface area contributed by atoms with E-state index in [9.17, 15) is 0 Å². The van der Waals surface area contributed by atoms with Gasteiger partial charge in [-0.25, -0.2) is 0 Å². The lowest BCUT2D eigenvalue weighted by Gasteiger charge is -2.19. The molecule has 2 saturated carbocycles. The molecule has 0 aromatic heterocycles. The van der Waals surface area contributed by atoms with Crippen LogP contribution in [0.2, 0.25) is 0 Å². The summed E-state index contributed by atoms with van der Waals surface area (Å²) in [5.74, 6) is 3.05. The number of rotatable bonds is 6. The number of aryl methyl sites for hydroxylation is 1. The normalized spacial score (nSPS) is 29.8. The number of hydrogen-bond donors (Lipinski definition) is 1. The molecule has 3 rings (SSSR count). The van der Waals surface area contributed by atoms with Crippen LogP contribution in [0.25, 0.3) is 0 Å². The van der Waals surface area contributed by atoms with Crippen molar-refractivity contribution in [3.63, 3.8) is 0 Å². The molecule has 2 aliphatic carbocycles. The summed E-state index contributed by atoms with van der Waals surface area (Å²) < 4.78 is 0. The number of fused-ring (bicyclic) bond motifs is 1. The predicted molar refractivity (Wildman–Crippen MR) is 85.9 cm³/mol. The van der Waals surface area contributed by atoms with Crippen molar-refractivity contribution in [1.29, 1.82) is 0 Å². The van der Waals surface area contributed by atoms with Crippen LogP contribution in [0, 0.1) is 24.7 Å². The SMILES string of the molecule is CCCNC(Cc1ccc(C)cc1)C1C2CCCCC21. The highest BCUT2D eigenvalue weighted by atomic mass is 14.9. The van der Waals surface area contributed by atoms with Crippen LogP contribution in [0.5, 0.6) is 0 Å². The van der Waals surface area contributed by atoms with Gasteiger partial charge in [0, 0.05) is 6.04 Å². The fraction of sp³-hybridized carbons (Fsp3) is 0.684. The molecular formula is C19H29N. The molecule has 110 valence electrons. The molecule has 2 fully saturated rings. The molecule has 0 bridgehead atoms. The molecule has 3 atom stereocenters. The first kappa shape index (κ1) is 14.1. The van der Waals surface area contributed by atoms with Crippen LogP contribution in [-0.2, 0) is 6.42 Å². The lowest BCUT2D eigenvalue weighted by Crippen LogP contribution is -2.34. The van der Waals surface area contributed by atoms with Crippen molar-refractivity contribution in [1.82, 2.24) is 5.32 Å². The summed E-state index contributed by atoms with van der Waals surface area (Å²) in [6.45, 7) is 5.62. The zero-order chi connectivity index (χ0) is 13.9. The van der Waals surface area contributed by atoms with Gasteiger partial charge in [0.1, 0.15) is 0 Å². The summed E-state index contributed by atoms with van der Waals surface area (Å²) in [4.78, 5) is 0. The van der Waals surface area contributed by atoms with Crippen LogP contribution in [-0.4, -0.2) is 12.6 Å². The standard InChI is InChI=1S/C19H29N/c1-3-12-20-18(13-15-10-8-14(2)9-11-15)19-16-6-4-5-7-17(16)19/h8-11,16-20H,3-7,12-13H2,1-2H3. The molecule has 1 nitrogen and oxygen atoms in total. The fourth-order valence-electron chi connectivity index (χ4n) is 4.30. The highest BCUT2D eigenvalue weighted by Crippen LogP contribution is 2.57. The highest BCUT2D eigenvalue weighted by Gasteiger charge is 2.53. The molecule has 20 heavy (non-hydrogen) atoms. The van der Waals surface area contributed by atoms with Gasteiger partial charge in [-0.15, -0.1) is 0 Å². The van der Waals surface area contributed by atoms with Crippen molar-refractivity contribution in [3.8, 4) is 0 Å². The van der Waals surface area contributed by atoms with Crippen molar-refractivity contribution in [2.24, 2.45) is 17.8 Å². The van der Waals surface area contributed by atoms with Crippen molar-refractivity contribution in [3.05, 3.63) is 35.4 Å². The molecule has 1 aromatic rings. The van der Waals surface area contributed by atoms with E-state index in [2.05, 4.69) is 43.4 Å². The molecule has 3 unspecified atom stereocenters. The molecule has 2 aliphatic rings. The van der Waals surface area contributed by atoms with Gasteiger partial charge in [0.15, 0.2) is 0 Å². The lowest BCUT2D eigenvalue weighted by atomic mass is 9.99. The van der Waals surface area contributed by atoms with E-state index in [1.807, 2.05) is 0 Å². The molecule has 0 saturated heterocycles. The second-order valence-electron chi connectivity index (χ2n) is 6.94. The summed E-state index contributed by atoms with van der Waals surface area (Å²) in [7, 11) is 0. The van der Waals surface area contributed by atoms with Crippen LogP contribution in [0.4, 0.5) is 0 Å². The maximum atomic E-state index is 3.85. The monoisotopic (exact) mass is 271 g/mol. The van der Waals surface area contributed by atoms with E-state index < -0.39 is 0 Å². The molecule has 1 N–H and O–H groups in total. The Hall–Kier alpha value is -0.820. The third-order valence-corrected chi connectivity index (χ3v) is 5.42. The van der Waals surface area contributed by atoms with Crippen LogP contribution in [0.1, 0.15) is 50.2 Å². The van der Waals surface area contributed by atoms with Crippen LogP contribution in [0.3, 0.4) is 0 Å². The van der Waals surface area contributed by atoms with Gasteiger partial charge in [-0.3, -0.25) is 0 Å². The minimum absolute atomic E-state index is 0.714. The summed E-state index contributed by atoms with van der Waals surface area (Å²) >= 11 is 0. The maximum Gasteiger partial charge on any atom is 0.0141 e. The van der Waals surface area contributed by atoms with E-state index in [4.69, 9.17) is 0 Å². The van der Waals surface area contributed by atoms with E-state index in [1.165, 1.54) is 56.2 Å². The lowest BCUT2D eigenvalue weighted by molar-refractivity contribution is 0.428. The van der Waals surface area contributed by atoms with Crippen molar-refractivity contribution >= 4 is 0 Å². The van der Waals surface area contributed by atoms with Crippen molar-refractivity contribution in [2.45, 2.75) is 58.4 Å². The van der Waals surface area contributed by atoms with Gasteiger partial charge in [0.25, 0.3) is 0 Å². The van der Waals surface area contributed by atoms with E-state index in [0.29, 0.717) is 6.04 Å². The summed E-state index contributed by atoms with van der Waals surface area (Å²) in [5.41, 5.74) is 2.87.